The topological polar surface area (TPSA) is 96.0 Å². The quantitative estimate of drug-likeness (QED) is 0.441. The minimum absolute atomic E-state index is 0.325. The number of fused-ring (bicyclic) bond motifs is 2. The molecule has 0 saturated carbocycles. The van der Waals surface area contributed by atoms with E-state index < -0.39 is 0 Å². The number of hydrogen-bond donors (Lipinski definition) is 2. The van der Waals surface area contributed by atoms with E-state index in [9.17, 15) is 4.39 Å². The largest absolute Gasteiger partial charge is 0.335 e. The molecule has 5 heterocycles. The molecule has 6 rings (SSSR count). The first kappa shape index (κ1) is 17.4. The SMILES string of the molecule is Fc1ccccc1-c1cncc2[nH]c(-c3n[nH]c4ccc(-c5cccnc5)nc34)nc12. The summed E-state index contributed by atoms with van der Waals surface area (Å²) in [6.07, 6.45) is 6.77. The lowest BCUT2D eigenvalue weighted by Gasteiger charge is -2.03. The number of benzene rings is 1. The molecule has 0 unspecified atom stereocenters. The van der Waals surface area contributed by atoms with Crippen LogP contribution in [0, 0.1) is 5.82 Å². The molecule has 8 heteroatoms. The maximum absolute atomic E-state index is 14.4. The minimum Gasteiger partial charge on any atom is -0.335 e. The van der Waals surface area contributed by atoms with Crippen molar-refractivity contribution in [2.24, 2.45) is 0 Å². The van der Waals surface area contributed by atoms with Gasteiger partial charge in [0, 0.05) is 35.3 Å². The van der Waals surface area contributed by atoms with Crippen molar-refractivity contribution >= 4 is 22.1 Å². The molecule has 0 aliphatic carbocycles. The monoisotopic (exact) mass is 407 g/mol. The molecular formula is C23H14FN7. The van der Waals surface area contributed by atoms with E-state index in [1.165, 1.54) is 6.07 Å². The number of nitrogens with zero attached hydrogens (tertiary/aromatic N) is 5. The zero-order valence-electron chi connectivity index (χ0n) is 16.0. The minimum atomic E-state index is -0.325. The Morgan fingerprint density at radius 1 is 0.742 bits per heavy atom. The molecule has 5 aromatic heterocycles. The highest BCUT2D eigenvalue weighted by Crippen LogP contribution is 2.32. The van der Waals surface area contributed by atoms with Crippen LogP contribution in [0.25, 0.3) is 56.0 Å². The Bertz CT molecular complexity index is 1550. The predicted octanol–water partition coefficient (Wildman–Crippen LogP) is 4.76. The molecule has 1 aromatic carbocycles. The normalized spacial score (nSPS) is 11.4. The average Bonchev–Trinajstić information content (AvgIpc) is 3.43. The lowest BCUT2D eigenvalue weighted by atomic mass is 10.1. The number of imidazole rings is 1. The van der Waals surface area contributed by atoms with Crippen molar-refractivity contribution in [3.8, 4) is 33.9 Å². The summed E-state index contributed by atoms with van der Waals surface area (Å²) >= 11 is 0. The summed E-state index contributed by atoms with van der Waals surface area (Å²) in [6, 6.07) is 14.2. The third-order valence-electron chi connectivity index (χ3n) is 5.15. The molecule has 31 heavy (non-hydrogen) atoms. The van der Waals surface area contributed by atoms with Crippen molar-refractivity contribution in [1.29, 1.82) is 0 Å². The van der Waals surface area contributed by atoms with Crippen LogP contribution in [0.3, 0.4) is 0 Å². The Hall–Kier alpha value is -4.46. The summed E-state index contributed by atoms with van der Waals surface area (Å²) in [6.45, 7) is 0. The zero-order valence-corrected chi connectivity index (χ0v) is 16.0. The van der Waals surface area contributed by atoms with Crippen molar-refractivity contribution in [2.75, 3.05) is 0 Å². The number of hydrogen-bond acceptors (Lipinski definition) is 5. The lowest BCUT2D eigenvalue weighted by molar-refractivity contribution is 0.631. The molecular weight excluding hydrogens is 393 g/mol. The first-order chi connectivity index (χ1) is 15.3. The third-order valence-corrected chi connectivity index (χ3v) is 5.15. The van der Waals surface area contributed by atoms with Gasteiger partial charge in [0.15, 0.2) is 11.5 Å². The predicted molar refractivity (Wildman–Crippen MR) is 115 cm³/mol. The maximum atomic E-state index is 14.4. The van der Waals surface area contributed by atoms with Crippen LogP contribution in [-0.4, -0.2) is 35.1 Å². The molecule has 6 aromatic rings. The molecule has 0 spiro atoms. The van der Waals surface area contributed by atoms with E-state index in [2.05, 4.69) is 25.1 Å². The summed E-state index contributed by atoms with van der Waals surface area (Å²) in [5.41, 5.74) is 6.11. The number of aromatic amines is 2. The molecule has 0 saturated heterocycles. The molecule has 0 radical (unpaired) electrons. The van der Waals surface area contributed by atoms with Crippen LogP contribution in [0.4, 0.5) is 4.39 Å². The van der Waals surface area contributed by atoms with Gasteiger partial charge in [0.25, 0.3) is 0 Å². The number of rotatable bonds is 3. The van der Waals surface area contributed by atoms with Crippen LogP contribution in [0.15, 0.2) is 73.3 Å². The highest BCUT2D eigenvalue weighted by molar-refractivity contribution is 5.95. The molecule has 0 aliphatic rings. The van der Waals surface area contributed by atoms with Crippen LogP contribution < -0.4 is 0 Å². The van der Waals surface area contributed by atoms with Gasteiger partial charge >= 0.3 is 0 Å². The second-order valence-electron chi connectivity index (χ2n) is 7.06. The van der Waals surface area contributed by atoms with E-state index in [1.54, 1.807) is 43.0 Å². The van der Waals surface area contributed by atoms with E-state index in [0.717, 1.165) is 16.8 Å². The summed E-state index contributed by atoms with van der Waals surface area (Å²) in [4.78, 5) is 21.2. The average molecular weight is 407 g/mol. The van der Waals surface area contributed by atoms with E-state index >= 15 is 0 Å². The number of aromatic nitrogens is 7. The Morgan fingerprint density at radius 3 is 2.55 bits per heavy atom. The highest BCUT2D eigenvalue weighted by Gasteiger charge is 2.18. The summed E-state index contributed by atoms with van der Waals surface area (Å²) in [7, 11) is 0. The van der Waals surface area contributed by atoms with Crippen LogP contribution in [0.2, 0.25) is 0 Å². The molecule has 2 N–H and O–H groups in total. The van der Waals surface area contributed by atoms with Gasteiger partial charge in [0.2, 0.25) is 0 Å². The summed E-state index contributed by atoms with van der Waals surface area (Å²) < 4.78 is 14.4. The summed E-state index contributed by atoms with van der Waals surface area (Å²) in [5, 5.41) is 7.43. The van der Waals surface area contributed by atoms with Gasteiger partial charge < -0.3 is 4.98 Å². The smallest absolute Gasteiger partial charge is 0.161 e. The molecule has 7 nitrogen and oxygen atoms in total. The number of H-pyrrole nitrogens is 2. The molecule has 0 bridgehead atoms. The van der Waals surface area contributed by atoms with E-state index in [4.69, 9.17) is 9.97 Å². The fourth-order valence-corrected chi connectivity index (χ4v) is 3.66. The fraction of sp³-hybridized carbons (Fsp3) is 0. The number of nitrogens with one attached hydrogen (secondary N) is 2. The van der Waals surface area contributed by atoms with Gasteiger partial charge in [-0.3, -0.25) is 15.1 Å². The molecule has 0 fully saturated rings. The van der Waals surface area contributed by atoms with Crippen LogP contribution in [-0.2, 0) is 0 Å². The van der Waals surface area contributed by atoms with Crippen molar-refractivity contribution in [2.45, 2.75) is 0 Å². The second-order valence-corrected chi connectivity index (χ2v) is 7.06. The van der Waals surface area contributed by atoms with Gasteiger partial charge in [0.05, 0.1) is 22.9 Å². The number of pyridine rings is 3. The lowest BCUT2D eigenvalue weighted by Crippen LogP contribution is -1.88. The first-order valence-electron chi connectivity index (χ1n) is 9.62. The fourth-order valence-electron chi connectivity index (χ4n) is 3.66. The van der Waals surface area contributed by atoms with Crippen molar-refractivity contribution in [1.82, 2.24) is 35.1 Å². The summed E-state index contributed by atoms with van der Waals surface area (Å²) in [5.74, 6) is 0.206. The van der Waals surface area contributed by atoms with E-state index in [-0.39, 0.29) is 5.82 Å². The van der Waals surface area contributed by atoms with Gasteiger partial charge in [-0.25, -0.2) is 14.4 Å². The van der Waals surface area contributed by atoms with E-state index in [1.807, 2.05) is 24.3 Å². The van der Waals surface area contributed by atoms with Gasteiger partial charge in [-0.05, 0) is 30.3 Å². The second kappa shape index (κ2) is 6.81. The Balaban J connectivity index is 1.53. The highest BCUT2D eigenvalue weighted by atomic mass is 19.1. The Labute approximate surface area is 175 Å². The number of halogens is 1. The molecule has 0 amide bonds. The van der Waals surface area contributed by atoms with Crippen molar-refractivity contribution in [3.05, 3.63) is 79.1 Å². The van der Waals surface area contributed by atoms with E-state index in [0.29, 0.717) is 39.2 Å². The zero-order chi connectivity index (χ0) is 20.8. The van der Waals surface area contributed by atoms with Gasteiger partial charge in [-0.15, -0.1) is 0 Å². The Morgan fingerprint density at radius 2 is 1.68 bits per heavy atom. The van der Waals surface area contributed by atoms with Gasteiger partial charge in [-0.2, -0.15) is 5.10 Å². The van der Waals surface area contributed by atoms with Crippen LogP contribution >= 0.6 is 0 Å². The molecule has 0 atom stereocenters. The Kier molecular flexibility index (Phi) is 3.82. The van der Waals surface area contributed by atoms with Crippen molar-refractivity contribution < 1.29 is 4.39 Å². The van der Waals surface area contributed by atoms with Gasteiger partial charge in [0.1, 0.15) is 16.9 Å². The molecule has 0 aliphatic heterocycles. The van der Waals surface area contributed by atoms with Crippen LogP contribution in [0.1, 0.15) is 0 Å². The molecule has 148 valence electrons. The van der Waals surface area contributed by atoms with Crippen molar-refractivity contribution in [3.63, 3.8) is 0 Å². The third kappa shape index (κ3) is 2.84. The van der Waals surface area contributed by atoms with Crippen LogP contribution in [0.5, 0.6) is 0 Å². The van der Waals surface area contributed by atoms with Gasteiger partial charge in [-0.1, -0.05) is 18.2 Å². The standard InChI is InChI=1S/C23H14FN7/c24-16-6-2-1-5-14(16)15-11-26-12-19-20(15)29-23(28-19)22-21-18(30-31-22)8-7-17(27-21)13-4-3-9-25-10-13/h1-12H,(H,28,29)(H,30,31). The maximum Gasteiger partial charge on any atom is 0.161 e. The first-order valence-corrected chi connectivity index (χ1v) is 9.62.